The summed E-state index contributed by atoms with van der Waals surface area (Å²) in [6.45, 7) is 7.31. The van der Waals surface area contributed by atoms with Gasteiger partial charge in [-0.2, -0.15) is 0 Å². The summed E-state index contributed by atoms with van der Waals surface area (Å²) in [5.41, 5.74) is 0. The summed E-state index contributed by atoms with van der Waals surface area (Å²) < 4.78 is 0. The average molecular weight is 347 g/mol. The Hall–Kier alpha value is -0.810. The van der Waals surface area contributed by atoms with Gasteiger partial charge in [0, 0.05) is 51.4 Å². The Morgan fingerprint density at radius 3 is 2.40 bits per heavy atom. The van der Waals surface area contributed by atoms with Gasteiger partial charge in [-0.15, -0.1) is 0 Å². The molecule has 0 spiro atoms. The second-order valence-corrected chi connectivity index (χ2v) is 9.33. The Morgan fingerprint density at radius 2 is 1.72 bits per heavy atom. The molecule has 2 aliphatic heterocycles. The van der Waals surface area contributed by atoms with E-state index in [0.717, 1.165) is 56.6 Å². The number of fused-ring (bicyclic) bond motifs is 2. The number of likely N-dealkylation sites (tertiary alicyclic amines) is 1. The standard InChI is InChI=1S/C20H34N4O/c25-20(21-13-16-5-6-24(14-16)18-3-4-18)23-9-7-22(8-10-23)19-12-15-1-2-17(19)11-15/h15-19H,1-14H2,(H,21,25)/t15-,16+,17-,19-/m0/s1. The molecule has 0 aromatic heterocycles. The molecule has 4 atom stereocenters. The maximum atomic E-state index is 12.5. The average Bonchev–Trinajstić information content (AvgIpc) is 3.07. The van der Waals surface area contributed by atoms with Crippen molar-refractivity contribution in [3.8, 4) is 0 Å². The van der Waals surface area contributed by atoms with Gasteiger partial charge in [-0.3, -0.25) is 4.90 Å². The maximum absolute atomic E-state index is 12.5. The topological polar surface area (TPSA) is 38.8 Å². The van der Waals surface area contributed by atoms with E-state index >= 15 is 0 Å². The number of carbonyl (C=O) groups is 1. The van der Waals surface area contributed by atoms with Gasteiger partial charge in [-0.1, -0.05) is 6.42 Å². The molecule has 5 heteroatoms. The van der Waals surface area contributed by atoms with Crippen molar-refractivity contribution in [2.45, 2.75) is 57.0 Å². The van der Waals surface area contributed by atoms with E-state index in [1.54, 1.807) is 0 Å². The molecule has 0 unspecified atom stereocenters. The zero-order valence-corrected chi connectivity index (χ0v) is 15.5. The van der Waals surface area contributed by atoms with Crippen LogP contribution in [0.25, 0.3) is 0 Å². The van der Waals surface area contributed by atoms with E-state index in [9.17, 15) is 4.79 Å². The van der Waals surface area contributed by atoms with Crippen molar-refractivity contribution >= 4 is 6.03 Å². The van der Waals surface area contributed by atoms with Crippen LogP contribution in [0.1, 0.15) is 44.9 Å². The van der Waals surface area contributed by atoms with E-state index < -0.39 is 0 Å². The van der Waals surface area contributed by atoms with Gasteiger partial charge in [0.25, 0.3) is 0 Å². The summed E-state index contributed by atoms with van der Waals surface area (Å²) in [6, 6.07) is 1.88. The molecule has 3 aliphatic carbocycles. The van der Waals surface area contributed by atoms with Crippen molar-refractivity contribution in [3.05, 3.63) is 0 Å². The molecule has 25 heavy (non-hydrogen) atoms. The fraction of sp³-hybridized carbons (Fsp3) is 0.950. The molecular formula is C20H34N4O. The molecule has 2 amide bonds. The minimum Gasteiger partial charge on any atom is -0.338 e. The van der Waals surface area contributed by atoms with Gasteiger partial charge in [-0.05, 0) is 62.8 Å². The Kier molecular flexibility index (Phi) is 4.41. The molecule has 2 saturated heterocycles. The number of carbonyl (C=O) groups excluding carboxylic acids is 1. The van der Waals surface area contributed by atoms with Gasteiger partial charge in [0.2, 0.25) is 0 Å². The number of rotatable bonds is 4. The number of hydrogen-bond donors (Lipinski definition) is 1. The van der Waals surface area contributed by atoms with Gasteiger partial charge in [0.1, 0.15) is 0 Å². The van der Waals surface area contributed by atoms with Crippen LogP contribution in [0.3, 0.4) is 0 Å². The summed E-state index contributed by atoms with van der Waals surface area (Å²) in [4.78, 5) is 19.9. The maximum Gasteiger partial charge on any atom is 0.317 e. The van der Waals surface area contributed by atoms with Crippen LogP contribution in [0.4, 0.5) is 4.79 Å². The van der Waals surface area contributed by atoms with Crippen LogP contribution in [0.2, 0.25) is 0 Å². The third-order valence-electron chi connectivity index (χ3n) is 7.69. The highest BCUT2D eigenvalue weighted by Gasteiger charge is 2.43. The first-order valence-corrected chi connectivity index (χ1v) is 10.8. The van der Waals surface area contributed by atoms with Gasteiger partial charge < -0.3 is 15.1 Å². The Bertz CT molecular complexity index is 500. The van der Waals surface area contributed by atoms with Crippen molar-refractivity contribution < 1.29 is 4.79 Å². The summed E-state index contributed by atoms with van der Waals surface area (Å²) >= 11 is 0. The third-order valence-corrected chi connectivity index (χ3v) is 7.69. The first-order valence-electron chi connectivity index (χ1n) is 10.8. The Labute approximate surface area is 152 Å². The molecule has 0 radical (unpaired) electrons. The molecule has 2 bridgehead atoms. The summed E-state index contributed by atoms with van der Waals surface area (Å²) in [5.74, 6) is 2.64. The molecule has 5 rings (SSSR count). The van der Waals surface area contributed by atoms with E-state index in [1.807, 2.05) is 0 Å². The molecular weight excluding hydrogens is 312 g/mol. The zero-order valence-electron chi connectivity index (χ0n) is 15.5. The van der Waals surface area contributed by atoms with E-state index in [4.69, 9.17) is 0 Å². The lowest BCUT2D eigenvalue weighted by Crippen LogP contribution is -2.55. The molecule has 2 heterocycles. The van der Waals surface area contributed by atoms with Crippen LogP contribution in [-0.2, 0) is 0 Å². The second kappa shape index (κ2) is 6.73. The lowest BCUT2D eigenvalue weighted by Gasteiger charge is -2.41. The summed E-state index contributed by atoms with van der Waals surface area (Å²) in [6.07, 6.45) is 9.88. The summed E-state index contributed by atoms with van der Waals surface area (Å²) in [7, 11) is 0. The highest BCUT2D eigenvalue weighted by atomic mass is 16.2. The van der Waals surface area contributed by atoms with E-state index in [1.165, 1.54) is 58.0 Å². The fourth-order valence-corrected chi connectivity index (χ4v) is 6.06. The van der Waals surface area contributed by atoms with Crippen molar-refractivity contribution in [1.82, 2.24) is 20.0 Å². The summed E-state index contributed by atoms with van der Waals surface area (Å²) in [5, 5.41) is 3.23. The quantitative estimate of drug-likeness (QED) is 0.846. The van der Waals surface area contributed by atoms with Crippen LogP contribution < -0.4 is 5.32 Å². The molecule has 5 nitrogen and oxygen atoms in total. The first kappa shape index (κ1) is 16.4. The molecule has 0 aromatic rings. The van der Waals surface area contributed by atoms with Crippen molar-refractivity contribution in [2.75, 3.05) is 45.8 Å². The van der Waals surface area contributed by atoms with E-state index in [-0.39, 0.29) is 6.03 Å². The monoisotopic (exact) mass is 346 g/mol. The lowest BCUT2D eigenvalue weighted by molar-refractivity contribution is 0.0825. The molecule has 140 valence electrons. The van der Waals surface area contributed by atoms with Crippen molar-refractivity contribution in [2.24, 2.45) is 17.8 Å². The fourth-order valence-electron chi connectivity index (χ4n) is 6.06. The van der Waals surface area contributed by atoms with Crippen LogP contribution in [-0.4, -0.2) is 78.6 Å². The normalized spacial score (nSPS) is 39.3. The minimum atomic E-state index is 0.178. The number of nitrogens with zero attached hydrogens (tertiary/aromatic N) is 3. The van der Waals surface area contributed by atoms with Crippen LogP contribution in [0.5, 0.6) is 0 Å². The minimum absolute atomic E-state index is 0.178. The lowest BCUT2D eigenvalue weighted by atomic mass is 9.93. The van der Waals surface area contributed by atoms with Gasteiger partial charge >= 0.3 is 6.03 Å². The van der Waals surface area contributed by atoms with E-state index in [2.05, 4.69) is 20.0 Å². The van der Waals surface area contributed by atoms with Gasteiger partial charge in [-0.25, -0.2) is 4.79 Å². The predicted octanol–water partition coefficient (Wildman–Crippen LogP) is 1.99. The Morgan fingerprint density at radius 1 is 0.880 bits per heavy atom. The number of nitrogens with one attached hydrogen (secondary N) is 1. The highest BCUT2D eigenvalue weighted by Crippen LogP contribution is 2.46. The third kappa shape index (κ3) is 3.42. The molecule has 5 fully saturated rings. The zero-order chi connectivity index (χ0) is 16.8. The number of piperazine rings is 1. The smallest absolute Gasteiger partial charge is 0.317 e. The van der Waals surface area contributed by atoms with Crippen LogP contribution in [0.15, 0.2) is 0 Å². The highest BCUT2D eigenvalue weighted by molar-refractivity contribution is 5.74. The van der Waals surface area contributed by atoms with Gasteiger partial charge in [0.15, 0.2) is 0 Å². The van der Waals surface area contributed by atoms with Gasteiger partial charge in [0.05, 0.1) is 0 Å². The first-order chi connectivity index (χ1) is 12.3. The van der Waals surface area contributed by atoms with Crippen LogP contribution >= 0.6 is 0 Å². The number of urea groups is 1. The largest absolute Gasteiger partial charge is 0.338 e. The predicted molar refractivity (Wildman–Crippen MR) is 98.5 cm³/mol. The molecule has 3 saturated carbocycles. The molecule has 5 aliphatic rings. The Balaban J connectivity index is 1.04. The van der Waals surface area contributed by atoms with Crippen LogP contribution in [0, 0.1) is 17.8 Å². The molecule has 1 N–H and O–H groups in total. The van der Waals surface area contributed by atoms with E-state index in [0.29, 0.717) is 5.92 Å². The van der Waals surface area contributed by atoms with Crippen molar-refractivity contribution in [3.63, 3.8) is 0 Å². The second-order valence-electron chi connectivity index (χ2n) is 9.33. The number of hydrogen-bond acceptors (Lipinski definition) is 3. The molecule has 0 aromatic carbocycles. The SMILES string of the molecule is O=C(NC[C@H]1CCN(C2CC2)C1)N1CCN([C@H]2C[C@H]3CC[C@H]2C3)CC1. The van der Waals surface area contributed by atoms with Crippen molar-refractivity contribution in [1.29, 1.82) is 0 Å². The number of amides is 2.